The van der Waals surface area contributed by atoms with Gasteiger partial charge in [-0.15, -0.1) is 10.2 Å². The van der Waals surface area contributed by atoms with Crippen LogP contribution in [0.4, 0.5) is 5.13 Å². The standard InChI is InChI=1S/C16H23N5S/c1-2-10-20(11-3-1)15-17-18-16(22-15)21-12-6-7-14(21)13-19-8-4-5-9-19/h6-7,12H,1-5,8-11,13H2. The molecule has 0 saturated carbocycles. The second-order valence-electron chi connectivity index (χ2n) is 6.27. The van der Waals surface area contributed by atoms with Crippen LogP contribution in [0.3, 0.4) is 0 Å². The van der Waals surface area contributed by atoms with Gasteiger partial charge < -0.3 is 4.90 Å². The molecule has 0 spiro atoms. The van der Waals surface area contributed by atoms with Gasteiger partial charge in [0.2, 0.25) is 10.3 Å². The number of nitrogens with zero attached hydrogens (tertiary/aromatic N) is 5. The molecule has 2 aromatic rings. The zero-order valence-corrected chi connectivity index (χ0v) is 13.8. The molecule has 0 bridgehead atoms. The minimum absolute atomic E-state index is 1.000. The number of hydrogen-bond donors (Lipinski definition) is 0. The van der Waals surface area contributed by atoms with Crippen molar-refractivity contribution >= 4 is 16.5 Å². The molecule has 2 saturated heterocycles. The average molecular weight is 317 g/mol. The first-order chi connectivity index (χ1) is 10.9. The molecule has 0 aliphatic carbocycles. The predicted molar refractivity (Wildman–Crippen MR) is 89.8 cm³/mol. The van der Waals surface area contributed by atoms with Gasteiger partial charge in [0, 0.05) is 31.5 Å². The minimum Gasteiger partial charge on any atom is -0.347 e. The fourth-order valence-corrected chi connectivity index (χ4v) is 4.33. The third-order valence-corrected chi connectivity index (χ3v) is 5.64. The predicted octanol–water partition coefficient (Wildman–Crippen LogP) is 2.91. The molecule has 0 aromatic carbocycles. The summed E-state index contributed by atoms with van der Waals surface area (Å²) in [5, 5.41) is 10.9. The van der Waals surface area contributed by atoms with Crippen LogP contribution in [0.2, 0.25) is 0 Å². The van der Waals surface area contributed by atoms with E-state index in [9.17, 15) is 0 Å². The molecule has 118 valence electrons. The van der Waals surface area contributed by atoms with Crippen LogP contribution in [0.15, 0.2) is 18.3 Å². The number of likely N-dealkylation sites (tertiary alicyclic amines) is 1. The Morgan fingerprint density at radius 2 is 1.64 bits per heavy atom. The van der Waals surface area contributed by atoms with Crippen LogP contribution < -0.4 is 4.90 Å². The largest absolute Gasteiger partial charge is 0.347 e. The fourth-order valence-electron chi connectivity index (χ4n) is 3.42. The molecule has 2 aliphatic rings. The molecule has 4 rings (SSSR count). The Bertz CT molecular complexity index is 608. The number of piperidine rings is 1. The highest BCUT2D eigenvalue weighted by molar-refractivity contribution is 7.17. The third kappa shape index (κ3) is 2.90. The van der Waals surface area contributed by atoms with Crippen LogP contribution in [-0.2, 0) is 6.54 Å². The van der Waals surface area contributed by atoms with Gasteiger partial charge in [-0.05, 0) is 57.3 Å². The molecule has 0 unspecified atom stereocenters. The number of rotatable bonds is 4. The van der Waals surface area contributed by atoms with Crippen molar-refractivity contribution in [3.05, 3.63) is 24.0 Å². The smallest absolute Gasteiger partial charge is 0.218 e. The molecule has 22 heavy (non-hydrogen) atoms. The third-order valence-electron chi connectivity index (χ3n) is 4.65. The van der Waals surface area contributed by atoms with Crippen LogP contribution in [0.5, 0.6) is 0 Å². The van der Waals surface area contributed by atoms with Gasteiger partial charge >= 0.3 is 0 Å². The highest BCUT2D eigenvalue weighted by Gasteiger charge is 2.18. The summed E-state index contributed by atoms with van der Waals surface area (Å²) in [6.45, 7) is 5.72. The summed E-state index contributed by atoms with van der Waals surface area (Å²) >= 11 is 1.72. The zero-order chi connectivity index (χ0) is 14.8. The molecule has 0 radical (unpaired) electrons. The van der Waals surface area contributed by atoms with E-state index in [1.165, 1.54) is 50.9 Å². The monoisotopic (exact) mass is 317 g/mol. The second-order valence-corrected chi connectivity index (χ2v) is 7.20. The summed E-state index contributed by atoms with van der Waals surface area (Å²) in [5.41, 5.74) is 1.32. The van der Waals surface area contributed by atoms with Crippen molar-refractivity contribution in [3.63, 3.8) is 0 Å². The first-order valence-corrected chi connectivity index (χ1v) is 9.19. The van der Waals surface area contributed by atoms with E-state index in [2.05, 4.69) is 42.9 Å². The molecule has 0 atom stereocenters. The van der Waals surface area contributed by atoms with Crippen molar-refractivity contribution in [2.24, 2.45) is 0 Å². The van der Waals surface area contributed by atoms with E-state index in [4.69, 9.17) is 0 Å². The van der Waals surface area contributed by atoms with Gasteiger partial charge in [0.25, 0.3) is 0 Å². The first-order valence-electron chi connectivity index (χ1n) is 8.37. The Kier molecular flexibility index (Phi) is 4.12. The average Bonchev–Trinajstić information content (AvgIpc) is 3.30. The fraction of sp³-hybridized carbons (Fsp3) is 0.625. The molecule has 2 fully saturated rings. The highest BCUT2D eigenvalue weighted by Crippen LogP contribution is 2.27. The Balaban J connectivity index is 1.52. The van der Waals surface area contributed by atoms with Crippen LogP contribution in [0, 0.1) is 0 Å². The quantitative estimate of drug-likeness (QED) is 0.869. The molecule has 2 aromatic heterocycles. The van der Waals surface area contributed by atoms with Crippen molar-refractivity contribution in [2.45, 2.75) is 38.6 Å². The Labute approximate surface area is 135 Å². The highest BCUT2D eigenvalue weighted by atomic mass is 32.1. The Morgan fingerprint density at radius 3 is 2.45 bits per heavy atom. The summed E-state index contributed by atoms with van der Waals surface area (Å²) in [7, 11) is 0. The zero-order valence-electron chi connectivity index (χ0n) is 12.9. The van der Waals surface area contributed by atoms with Gasteiger partial charge in [-0.1, -0.05) is 11.3 Å². The lowest BCUT2D eigenvalue weighted by atomic mass is 10.1. The van der Waals surface area contributed by atoms with Gasteiger partial charge in [0.1, 0.15) is 0 Å². The summed E-state index contributed by atoms with van der Waals surface area (Å²) in [6.07, 6.45) is 8.68. The number of anilines is 1. The lowest BCUT2D eigenvalue weighted by molar-refractivity contribution is 0.325. The van der Waals surface area contributed by atoms with Gasteiger partial charge in [-0.3, -0.25) is 9.47 Å². The van der Waals surface area contributed by atoms with Crippen molar-refractivity contribution in [1.82, 2.24) is 19.7 Å². The van der Waals surface area contributed by atoms with Gasteiger partial charge in [-0.2, -0.15) is 0 Å². The maximum absolute atomic E-state index is 4.44. The van der Waals surface area contributed by atoms with E-state index in [1.807, 2.05) is 0 Å². The van der Waals surface area contributed by atoms with Crippen LogP contribution >= 0.6 is 11.3 Å². The van der Waals surface area contributed by atoms with Crippen molar-refractivity contribution in [1.29, 1.82) is 0 Å². The first kappa shape index (κ1) is 14.2. The summed E-state index contributed by atoms with van der Waals surface area (Å²) in [6, 6.07) is 4.33. The Morgan fingerprint density at radius 1 is 0.909 bits per heavy atom. The second kappa shape index (κ2) is 6.38. The van der Waals surface area contributed by atoms with E-state index in [0.29, 0.717) is 0 Å². The van der Waals surface area contributed by atoms with E-state index in [-0.39, 0.29) is 0 Å². The molecule has 0 N–H and O–H groups in total. The van der Waals surface area contributed by atoms with E-state index >= 15 is 0 Å². The minimum atomic E-state index is 1.000. The van der Waals surface area contributed by atoms with Crippen LogP contribution in [-0.4, -0.2) is 45.8 Å². The van der Waals surface area contributed by atoms with Crippen molar-refractivity contribution < 1.29 is 0 Å². The molecule has 5 nitrogen and oxygen atoms in total. The normalized spacial score (nSPS) is 19.9. The van der Waals surface area contributed by atoms with Crippen molar-refractivity contribution in [3.8, 4) is 5.13 Å². The SMILES string of the molecule is c1cc(CN2CCCC2)n(-c2nnc(N3CCCCC3)s2)c1. The molecule has 2 aliphatic heterocycles. The maximum atomic E-state index is 4.44. The van der Waals surface area contributed by atoms with E-state index in [1.54, 1.807) is 11.3 Å². The lowest BCUT2D eigenvalue weighted by Crippen LogP contribution is -2.29. The Hall–Kier alpha value is -1.40. The molecule has 0 amide bonds. The topological polar surface area (TPSA) is 37.2 Å². The molecule has 6 heteroatoms. The van der Waals surface area contributed by atoms with Gasteiger partial charge in [0.05, 0.1) is 0 Å². The lowest BCUT2D eigenvalue weighted by Gasteiger charge is -2.25. The molecular weight excluding hydrogens is 294 g/mol. The summed E-state index contributed by atoms with van der Waals surface area (Å²) < 4.78 is 2.21. The number of aromatic nitrogens is 3. The van der Waals surface area contributed by atoms with Crippen LogP contribution in [0.1, 0.15) is 37.8 Å². The summed E-state index contributed by atoms with van der Waals surface area (Å²) in [4.78, 5) is 4.91. The molecular formula is C16H23N5S. The van der Waals surface area contributed by atoms with E-state index in [0.717, 1.165) is 29.9 Å². The van der Waals surface area contributed by atoms with E-state index < -0.39 is 0 Å². The van der Waals surface area contributed by atoms with Crippen LogP contribution in [0.25, 0.3) is 5.13 Å². The van der Waals surface area contributed by atoms with Gasteiger partial charge in [-0.25, -0.2) is 0 Å². The van der Waals surface area contributed by atoms with Gasteiger partial charge in [0.15, 0.2) is 0 Å². The number of hydrogen-bond acceptors (Lipinski definition) is 5. The molecule has 4 heterocycles. The maximum Gasteiger partial charge on any atom is 0.218 e. The van der Waals surface area contributed by atoms with Crippen molar-refractivity contribution in [2.75, 3.05) is 31.1 Å². The summed E-state index contributed by atoms with van der Waals surface area (Å²) in [5.74, 6) is 0.